The van der Waals surface area contributed by atoms with Crippen LogP contribution in [0.5, 0.6) is 0 Å². The van der Waals surface area contributed by atoms with Crippen LogP contribution in [0.1, 0.15) is 12.5 Å². The van der Waals surface area contributed by atoms with Gasteiger partial charge in [0, 0.05) is 20.6 Å². The number of likely N-dealkylation sites (N-methyl/N-ethyl adjacent to an activating group) is 1. The molecule has 1 unspecified atom stereocenters. The van der Waals surface area contributed by atoms with E-state index in [2.05, 4.69) is 15.8 Å². The highest BCUT2D eigenvalue weighted by molar-refractivity contribution is 6.07. The average Bonchev–Trinajstić information content (AvgIpc) is 2.46. The van der Waals surface area contributed by atoms with Gasteiger partial charge in [-0.15, -0.1) is 0 Å². The van der Waals surface area contributed by atoms with Gasteiger partial charge in [0.2, 0.25) is 5.91 Å². The fourth-order valence-electron chi connectivity index (χ4n) is 1.70. The Hall–Kier alpha value is -2.41. The zero-order chi connectivity index (χ0) is 15.8. The van der Waals surface area contributed by atoms with E-state index in [1.807, 2.05) is 30.3 Å². The van der Waals surface area contributed by atoms with E-state index in [1.54, 1.807) is 21.0 Å². The predicted octanol–water partition coefficient (Wildman–Crippen LogP) is 0.277. The summed E-state index contributed by atoms with van der Waals surface area (Å²) in [6.07, 6.45) is 0. The third-order valence-electron chi connectivity index (χ3n) is 2.80. The molecular weight excluding hydrogens is 270 g/mol. The number of hydrogen-bond acceptors (Lipinski definition) is 4. The zero-order valence-corrected chi connectivity index (χ0v) is 12.5. The van der Waals surface area contributed by atoms with Crippen LogP contribution in [0.4, 0.5) is 4.79 Å². The Balaban J connectivity index is 2.80. The Morgan fingerprint density at radius 1 is 1.29 bits per heavy atom. The van der Waals surface area contributed by atoms with Crippen molar-refractivity contribution >= 4 is 17.6 Å². The first kappa shape index (κ1) is 16.6. The lowest BCUT2D eigenvalue weighted by molar-refractivity contribution is -0.129. The van der Waals surface area contributed by atoms with E-state index in [0.29, 0.717) is 12.3 Å². The number of nitrogens with one attached hydrogen (secondary N) is 2. The number of hydrogen-bond donors (Lipinski definition) is 3. The zero-order valence-electron chi connectivity index (χ0n) is 12.5. The Kier molecular flexibility index (Phi) is 6.35. The standard InChI is InChI=1S/C14H21N5O2/c1-10(17-18-14(15)21)12(13(20)19(2)3)16-9-11-7-5-4-6-8-11/h4-8,12,16H,9H2,1-3H3,(H3,15,18,21)/b17-10+. The SMILES string of the molecule is C/C(=N\NC(N)=O)C(NCc1ccccc1)C(=O)N(C)C. The maximum Gasteiger partial charge on any atom is 0.332 e. The molecule has 0 aliphatic carbocycles. The second-order valence-corrected chi connectivity index (χ2v) is 4.76. The quantitative estimate of drug-likeness (QED) is 0.518. The molecule has 1 aromatic carbocycles. The Morgan fingerprint density at radius 3 is 2.43 bits per heavy atom. The van der Waals surface area contributed by atoms with Crippen LogP contribution >= 0.6 is 0 Å². The van der Waals surface area contributed by atoms with Gasteiger partial charge in [-0.25, -0.2) is 10.2 Å². The maximum absolute atomic E-state index is 12.2. The van der Waals surface area contributed by atoms with Crippen molar-refractivity contribution in [3.05, 3.63) is 35.9 Å². The molecule has 0 heterocycles. The molecule has 0 bridgehead atoms. The van der Waals surface area contributed by atoms with Crippen molar-refractivity contribution in [2.75, 3.05) is 14.1 Å². The van der Waals surface area contributed by atoms with Gasteiger partial charge in [0.1, 0.15) is 6.04 Å². The maximum atomic E-state index is 12.2. The van der Waals surface area contributed by atoms with Gasteiger partial charge in [-0.1, -0.05) is 30.3 Å². The minimum absolute atomic E-state index is 0.154. The van der Waals surface area contributed by atoms with E-state index in [1.165, 1.54) is 4.90 Å². The van der Waals surface area contributed by atoms with Gasteiger partial charge in [0.05, 0.1) is 5.71 Å². The second kappa shape index (κ2) is 8.01. The monoisotopic (exact) mass is 291 g/mol. The third kappa shape index (κ3) is 5.62. The Bertz CT molecular complexity index is 513. The fourth-order valence-corrected chi connectivity index (χ4v) is 1.70. The summed E-state index contributed by atoms with van der Waals surface area (Å²) in [4.78, 5) is 24.4. The summed E-state index contributed by atoms with van der Waals surface area (Å²) >= 11 is 0. The molecule has 0 aliphatic heterocycles. The minimum atomic E-state index is -0.770. The number of primary amides is 1. The number of nitrogens with zero attached hydrogens (tertiary/aromatic N) is 2. The highest BCUT2D eigenvalue weighted by atomic mass is 16.2. The first-order valence-electron chi connectivity index (χ1n) is 6.50. The number of nitrogens with two attached hydrogens (primary N) is 1. The summed E-state index contributed by atoms with van der Waals surface area (Å²) in [5, 5.41) is 6.95. The summed E-state index contributed by atoms with van der Waals surface area (Å²) in [5.41, 5.74) is 8.58. The van der Waals surface area contributed by atoms with Crippen molar-refractivity contribution in [3.63, 3.8) is 0 Å². The molecule has 3 amide bonds. The van der Waals surface area contributed by atoms with E-state index in [-0.39, 0.29) is 5.91 Å². The minimum Gasteiger partial charge on any atom is -0.350 e. The van der Waals surface area contributed by atoms with E-state index < -0.39 is 12.1 Å². The van der Waals surface area contributed by atoms with Crippen molar-refractivity contribution in [1.82, 2.24) is 15.6 Å². The fraction of sp³-hybridized carbons (Fsp3) is 0.357. The molecule has 0 saturated carbocycles. The van der Waals surface area contributed by atoms with Crippen LogP contribution < -0.4 is 16.5 Å². The summed E-state index contributed by atoms with van der Waals surface area (Å²) in [5.74, 6) is -0.154. The summed E-state index contributed by atoms with van der Waals surface area (Å²) in [7, 11) is 3.32. The van der Waals surface area contributed by atoms with Crippen LogP contribution in [0.25, 0.3) is 0 Å². The number of benzene rings is 1. The largest absolute Gasteiger partial charge is 0.350 e. The van der Waals surface area contributed by atoms with Crippen LogP contribution in [0.15, 0.2) is 35.4 Å². The molecule has 1 aromatic rings. The van der Waals surface area contributed by atoms with Crippen LogP contribution in [-0.4, -0.2) is 42.7 Å². The van der Waals surface area contributed by atoms with Gasteiger partial charge in [-0.05, 0) is 12.5 Å². The first-order chi connectivity index (χ1) is 9.91. The van der Waals surface area contributed by atoms with Crippen LogP contribution in [0.2, 0.25) is 0 Å². The smallest absolute Gasteiger partial charge is 0.332 e. The van der Waals surface area contributed by atoms with Crippen molar-refractivity contribution in [2.45, 2.75) is 19.5 Å². The molecule has 0 fully saturated rings. The third-order valence-corrected chi connectivity index (χ3v) is 2.80. The molecule has 0 aromatic heterocycles. The molecule has 1 rings (SSSR count). The lowest BCUT2D eigenvalue weighted by atomic mass is 10.1. The predicted molar refractivity (Wildman–Crippen MR) is 81.6 cm³/mol. The second-order valence-electron chi connectivity index (χ2n) is 4.76. The van der Waals surface area contributed by atoms with Gasteiger partial charge in [0.25, 0.3) is 0 Å². The number of rotatable bonds is 6. The number of urea groups is 1. The summed E-state index contributed by atoms with van der Waals surface area (Å²) < 4.78 is 0. The highest BCUT2D eigenvalue weighted by Crippen LogP contribution is 2.01. The first-order valence-corrected chi connectivity index (χ1v) is 6.50. The van der Waals surface area contributed by atoms with Crippen molar-refractivity contribution < 1.29 is 9.59 Å². The van der Waals surface area contributed by atoms with Crippen molar-refractivity contribution in [1.29, 1.82) is 0 Å². The Labute approximate surface area is 124 Å². The molecular formula is C14H21N5O2. The molecule has 0 radical (unpaired) electrons. The van der Waals surface area contributed by atoms with E-state index in [4.69, 9.17) is 5.73 Å². The van der Waals surface area contributed by atoms with E-state index in [9.17, 15) is 9.59 Å². The normalized spacial score (nSPS) is 12.6. The molecule has 114 valence electrons. The summed E-state index contributed by atoms with van der Waals surface area (Å²) in [6.45, 7) is 2.16. The van der Waals surface area contributed by atoms with Gasteiger partial charge >= 0.3 is 6.03 Å². The van der Waals surface area contributed by atoms with Crippen molar-refractivity contribution in [3.8, 4) is 0 Å². The molecule has 0 saturated heterocycles. The molecule has 7 nitrogen and oxygen atoms in total. The topological polar surface area (TPSA) is 99.8 Å². The van der Waals surface area contributed by atoms with Gasteiger partial charge < -0.3 is 10.6 Å². The molecule has 4 N–H and O–H groups in total. The summed E-state index contributed by atoms with van der Waals surface area (Å²) in [6, 6.07) is 8.29. The molecule has 7 heteroatoms. The van der Waals surface area contributed by atoms with Crippen LogP contribution in [0, 0.1) is 0 Å². The van der Waals surface area contributed by atoms with Crippen molar-refractivity contribution in [2.24, 2.45) is 10.8 Å². The van der Waals surface area contributed by atoms with Crippen LogP contribution in [0.3, 0.4) is 0 Å². The van der Waals surface area contributed by atoms with Gasteiger partial charge in [-0.3, -0.25) is 10.1 Å². The highest BCUT2D eigenvalue weighted by Gasteiger charge is 2.23. The molecule has 0 spiro atoms. The van der Waals surface area contributed by atoms with Gasteiger partial charge in [0.15, 0.2) is 0 Å². The number of amides is 3. The van der Waals surface area contributed by atoms with E-state index in [0.717, 1.165) is 5.56 Å². The lowest BCUT2D eigenvalue weighted by Gasteiger charge is -2.21. The number of hydrazone groups is 1. The Morgan fingerprint density at radius 2 is 1.90 bits per heavy atom. The molecule has 21 heavy (non-hydrogen) atoms. The average molecular weight is 291 g/mol. The lowest BCUT2D eigenvalue weighted by Crippen LogP contribution is -2.48. The van der Waals surface area contributed by atoms with E-state index >= 15 is 0 Å². The van der Waals surface area contributed by atoms with Gasteiger partial charge in [-0.2, -0.15) is 5.10 Å². The molecule has 0 aliphatic rings. The number of carbonyl (C=O) groups excluding carboxylic acids is 2. The van der Waals surface area contributed by atoms with Crippen LogP contribution in [-0.2, 0) is 11.3 Å². The number of carbonyl (C=O) groups is 2. The molecule has 1 atom stereocenters.